The molecular weight excluding hydrogens is 374 g/mol. The third-order valence-corrected chi connectivity index (χ3v) is 4.71. The summed E-state index contributed by atoms with van der Waals surface area (Å²) in [4.78, 5) is 4.63. The number of hydrogen-bond acceptors (Lipinski definition) is 4. The highest BCUT2D eigenvalue weighted by Gasteiger charge is 2.19. The van der Waals surface area contributed by atoms with Crippen LogP contribution in [0.2, 0.25) is 5.02 Å². The molecule has 0 fully saturated rings. The maximum atomic E-state index is 10.1. The molecule has 0 radical (unpaired) electrons. The number of aryl methyl sites for hydroxylation is 1. The van der Waals surface area contributed by atoms with Gasteiger partial charge in [0.2, 0.25) is 0 Å². The zero-order valence-electron chi connectivity index (χ0n) is 16.5. The number of rotatable bonds is 8. The van der Waals surface area contributed by atoms with Crippen molar-refractivity contribution in [3.8, 4) is 5.75 Å². The molecule has 0 aliphatic carbocycles. The maximum absolute atomic E-state index is 10.1. The largest absolute Gasteiger partial charge is 0.507 e. The maximum Gasteiger partial charge on any atom is 0.124 e. The zero-order valence-corrected chi connectivity index (χ0v) is 17.3. The molecule has 1 aromatic heterocycles. The van der Waals surface area contributed by atoms with Gasteiger partial charge < -0.3 is 14.6 Å². The first-order chi connectivity index (χ1) is 13.3. The molecule has 0 atom stereocenters. The number of para-hydroxylation sites is 1. The summed E-state index contributed by atoms with van der Waals surface area (Å²) in [5.74, 6) is 0.237. The molecule has 1 N–H and O–H groups in total. The number of halogens is 1. The van der Waals surface area contributed by atoms with Crippen molar-refractivity contribution >= 4 is 22.5 Å². The Balaban J connectivity index is 1.48. The molecule has 0 bridgehead atoms. The molecule has 3 rings (SSSR count). The third-order valence-electron chi connectivity index (χ3n) is 4.49. The number of nitrogens with zero attached hydrogens (tertiary/aromatic N) is 1. The first-order valence-electron chi connectivity index (χ1n) is 9.32. The number of hydrogen-bond donors (Lipinski definition) is 1. The molecule has 148 valence electrons. The smallest absolute Gasteiger partial charge is 0.124 e. The van der Waals surface area contributed by atoms with Crippen molar-refractivity contribution in [1.82, 2.24) is 4.98 Å². The summed E-state index contributed by atoms with van der Waals surface area (Å²) in [5, 5.41) is 11.8. The Labute approximate surface area is 171 Å². The van der Waals surface area contributed by atoms with Crippen LogP contribution in [0.1, 0.15) is 30.7 Å². The molecule has 0 saturated carbocycles. The Hall–Kier alpha value is -2.14. The lowest BCUT2D eigenvalue weighted by Gasteiger charge is -2.24. The average molecular weight is 400 g/mol. The van der Waals surface area contributed by atoms with Crippen LogP contribution in [0.3, 0.4) is 0 Å². The molecule has 2 aromatic carbocycles. The van der Waals surface area contributed by atoms with Crippen molar-refractivity contribution in [3.63, 3.8) is 0 Å². The number of fused-ring (bicyclic) bond motifs is 1. The Kier molecular flexibility index (Phi) is 6.55. The van der Waals surface area contributed by atoms with E-state index in [0.29, 0.717) is 37.0 Å². The standard InChI is InChI=1S/C23H26ClNO3/c1-16-10-19(24)11-18(22(16)26)12-27-14-23(2,3)15-28-13-20-9-8-17-6-4-5-7-21(17)25-20/h4-11,26H,12-15H2,1-3H3. The van der Waals surface area contributed by atoms with Gasteiger partial charge in [-0.05, 0) is 36.8 Å². The van der Waals surface area contributed by atoms with E-state index in [1.165, 1.54) is 0 Å². The molecule has 0 saturated heterocycles. The van der Waals surface area contributed by atoms with E-state index in [-0.39, 0.29) is 11.2 Å². The monoisotopic (exact) mass is 399 g/mol. The van der Waals surface area contributed by atoms with E-state index in [1.807, 2.05) is 37.3 Å². The van der Waals surface area contributed by atoms with Gasteiger partial charge in [-0.25, -0.2) is 0 Å². The van der Waals surface area contributed by atoms with E-state index in [4.69, 9.17) is 21.1 Å². The number of benzene rings is 2. The summed E-state index contributed by atoms with van der Waals surface area (Å²) in [6.45, 7) is 7.81. The van der Waals surface area contributed by atoms with Gasteiger partial charge in [0.05, 0.1) is 37.6 Å². The number of aromatic nitrogens is 1. The summed E-state index contributed by atoms with van der Waals surface area (Å²) in [6.07, 6.45) is 0. The lowest BCUT2D eigenvalue weighted by molar-refractivity contribution is -0.0152. The van der Waals surface area contributed by atoms with Crippen LogP contribution in [-0.4, -0.2) is 23.3 Å². The van der Waals surface area contributed by atoms with Crippen molar-refractivity contribution in [1.29, 1.82) is 0 Å². The molecule has 0 amide bonds. The van der Waals surface area contributed by atoms with Gasteiger partial charge in [0.15, 0.2) is 0 Å². The van der Waals surface area contributed by atoms with E-state index in [2.05, 4.69) is 24.9 Å². The van der Waals surface area contributed by atoms with Gasteiger partial charge in [-0.15, -0.1) is 0 Å². The van der Waals surface area contributed by atoms with Crippen LogP contribution in [-0.2, 0) is 22.7 Å². The first kappa shape index (κ1) is 20.6. The Morgan fingerprint density at radius 3 is 2.50 bits per heavy atom. The van der Waals surface area contributed by atoms with Crippen LogP contribution in [0.15, 0.2) is 48.5 Å². The van der Waals surface area contributed by atoms with E-state index < -0.39 is 0 Å². The SMILES string of the molecule is Cc1cc(Cl)cc(COCC(C)(C)COCc2ccc3ccccc3n2)c1O. The molecular formula is C23H26ClNO3. The van der Waals surface area contributed by atoms with E-state index in [1.54, 1.807) is 12.1 Å². The number of phenolic OH excluding ortho intramolecular Hbond substituents is 1. The normalized spacial score (nSPS) is 11.9. The Morgan fingerprint density at radius 1 is 1.00 bits per heavy atom. The van der Waals surface area contributed by atoms with Crippen molar-refractivity contribution in [3.05, 3.63) is 70.4 Å². The summed E-state index contributed by atoms with van der Waals surface area (Å²) in [6, 6.07) is 15.6. The summed E-state index contributed by atoms with van der Waals surface area (Å²) >= 11 is 6.06. The first-order valence-corrected chi connectivity index (χ1v) is 9.70. The minimum absolute atomic E-state index is 0.167. The van der Waals surface area contributed by atoms with Gasteiger partial charge in [0.1, 0.15) is 5.75 Å². The van der Waals surface area contributed by atoms with Crippen LogP contribution in [0.5, 0.6) is 5.75 Å². The fourth-order valence-electron chi connectivity index (χ4n) is 3.01. The van der Waals surface area contributed by atoms with Gasteiger partial charge in [-0.3, -0.25) is 4.98 Å². The fourth-order valence-corrected chi connectivity index (χ4v) is 3.31. The number of phenols is 1. The topological polar surface area (TPSA) is 51.6 Å². The Bertz CT molecular complexity index is 956. The number of ether oxygens (including phenoxy) is 2. The van der Waals surface area contributed by atoms with Crippen molar-refractivity contribution < 1.29 is 14.6 Å². The van der Waals surface area contributed by atoms with Gasteiger partial charge in [0, 0.05) is 21.4 Å². The second-order valence-electron chi connectivity index (χ2n) is 7.88. The third kappa shape index (κ3) is 5.44. The van der Waals surface area contributed by atoms with Crippen LogP contribution in [0.25, 0.3) is 10.9 Å². The minimum atomic E-state index is -0.167. The molecule has 28 heavy (non-hydrogen) atoms. The number of pyridine rings is 1. The summed E-state index contributed by atoms with van der Waals surface area (Å²) in [7, 11) is 0. The Morgan fingerprint density at radius 2 is 1.71 bits per heavy atom. The summed E-state index contributed by atoms with van der Waals surface area (Å²) < 4.78 is 11.7. The average Bonchev–Trinajstić information content (AvgIpc) is 2.65. The molecule has 0 aliphatic heterocycles. The molecule has 1 heterocycles. The van der Waals surface area contributed by atoms with Crippen molar-refractivity contribution in [2.24, 2.45) is 5.41 Å². The van der Waals surface area contributed by atoms with E-state index in [0.717, 1.165) is 22.2 Å². The van der Waals surface area contributed by atoms with Gasteiger partial charge in [-0.2, -0.15) is 0 Å². The lowest BCUT2D eigenvalue weighted by atomic mass is 9.96. The van der Waals surface area contributed by atoms with Gasteiger partial charge >= 0.3 is 0 Å². The second-order valence-corrected chi connectivity index (χ2v) is 8.31. The van der Waals surface area contributed by atoms with Crippen molar-refractivity contribution in [2.45, 2.75) is 34.0 Å². The van der Waals surface area contributed by atoms with Gasteiger partial charge in [0.25, 0.3) is 0 Å². The molecule has 4 nitrogen and oxygen atoms in total. The highest BCUT2D eigenvalue weighted by atomic mass is 35.5. The zero-order chi connectivity index (χ0) is 20.1. The van der Waals surface area contributed by atoms with Crippen LogP contribution < -0.4 is 0 Å². The van der Waals surface area contributed by atoms with Gasteiger partial charge in [-0.1, -0.05) is 49.7 Å². The molecule has 0 spiro atoms. The highest BCUT2D eigenvalue weighted by Crippen LogP contribution is 2.28. The fraction of sp³-hybridized carbons (Fsp3) is 0.348. The molecule has 3 aromatic rings. The number of aromatic hydroxyl groups is 1. The highest BCUT2D eigenvalue weighted by molar-refractivity contribution is 6.30. The summed E-state index contributed by atoms with van der Waals surface area (Å²) in [5.41, 5.74) is 3.16. The predicted octanol–water partition coefficient (Wildman–Crippen LogP) is 5.66. The van der Waals surface area contributed by atoms with Crippen LogP contribution in [0, 0.1) is 12.3 Å². The second kappa shape index (κ2) is 8.91. The van der Waals surface area contributed by atoms with E-state index >= 15 is 0 Å². The van der Waals surface area contributed by atoms with E-state index in [9.17, 15) is 5.11 Å². The quantitative estimate of drug-likeness (QED) is 0.530. The lowest BCUT2D eigenvalue weighted by Crippen LogP contribution is -2.25. The molecule has 0 unspecified atom stereocenters. The predicted molar refractivity (Wildman–Crippen MR) is 113 cm³/mol. The molecule has 0 aliphatic rings. The van der Waals surface area contributed by atoms with Crippen LogP contribution >= 0.6 is 11.6 Å². The van der Waals surface area contributed by atoms with Crippen molar-refractivity contribution in [2.75, 3.05) is 13.2 Å². The molecule has 5 heteroatoms. The van der Waals surface area contributed by atoms with Crippen LogP contribution in [0.4, 0.5) is 0 Å². The minimum Gasteiger partial charge on any atom is -0.507 e.